The van der Waals surface area contributed by atoms with Crippen molar-refractivity contribution in [1.29, 1.82) is 0 Å². The summed E-state index contributed by atoms with van der Waals surface area (Å²) in [5.41, 5.74) is 3.18. The van der Waals surface area contributed by atoms with Crippen molar-refractivity contribution in [2.75, 3.05) is 13.1 Å². The molecule has 0 spiro atoms. The standard InChI is InChI=1S/C24H20N4O3S/c1-14-21-16(13-18(19-6-4-12-30-19)25-22(21)31-27-14)24(29)28-10-8-15(9-11-28)23-26-17-5-2-3-7-20(17)32-23/h2-7,12-13,15H,8-11H2,1H3. The van der Waals surface area contributed by atoms with E-state index in [1.807, 2.05) is 30.0 Å². The van der Waals surface area contributed by atoms with Crippen LogP contribution in [0.4, 0.5) is 0 Å². The van der Waals surface area contributed by atoms with Crippen molar-refractivity contribution in [2.24, 2.45) is 0 Å². The Labute approximate surface area is 187 Å². The lowest BCUT2D eigenvalue weighted by atomic mass is 9.96. The molecule has 0 radical (unpaired) electrons. The minimum absolute atomic E-state index is 0.0285. The van der Waals surface area contributed by atoms with Crippen LogP contribution in [0.1, 0.15) is 39.8 Å². The SMILES string of the molecule is Cc1noc2nc(-c3ccco3)cc(C(=O)N3CCC(c4nc5ccccc5s4)CC3)c12. The summed E-state index contributed by atoms with van der Waals surface area (Å²) in [5.74, 6) is 0.939. The Morgan fingerprint density at radius 1 is 1.12 bits per heavy atom. The number of furan rings is 1. The summed E-state index contributed by atoms with van der Waals surface area (Å²) in [4.78, 5) is 24.8. The van der Waals surface area contributed by atoms with Crippen LogP contribution in [0, 0.1) is 6.92 Å². The van der Waals surface area contributed by atoms with Crippen LogP contribution in [0.3, 0.4) is 0 Å². The molecule has 4 aromatic heterocycles. The molecular weight excluding hydrogens is 424 g/mol. The quantitative estimate of drug-likeness (QED) is 0.369. The van der Waals surface area contributed by atoms with E-state index in [1.54, 1.807) is 29.7 Å². The molecule has 32 heavy (non-hydrogen) atoms. The summed E-state index contributed by atoms with van der Waals surface area (Å²) in [6.07, 6.45) is 3.38. The number of pyridine rings is 1. The van der Waals surface area contributed by atoms with Gasteiger partial charge in [-0.2, -0.15) is 0 Å². The molecule has 0 N–H and O–H groups in total. The van der Waals surface area contributed by atoms with Crippen molar-refractivity contribution in [2.45, 2.75) is 25.7 Å². The van der Waals surface area contributed by atoms with Crippen LogP contribution in [-0.2, 0) is 0 Å². The largest absolute Gasteiger partial charge is 0.463 e. The van der Waals surface area contributed by atoms with Crippen LogP contribution in [0.15, 0.2) is 57.7 Å². The first kappa shape index (κ1) is 19.2. The number of carbonyl (C=O) groups excluding carboxylic acids is 1. The normalized spacial score (nSPS) is 15.1. The number of aryl methyl sites for hydroxylation is 1. The highest BCUT2D eigenvalue weighted by molar-refractivity contribution is 7.18. The number of piperidine rings is 1. The molecule has 5 aromatic rings. The van der Waals surface area contributed by atoms with E-state index in [-0.39, 0.29) is 5.91 Å². The van der Waals surface area contributed by atoms with Crippen LogP contribution in [-0.4, -0.2) is 39.0 Å². The van der Waals surface area contributed by atoms with Gasteiger partial charge in [0.15, 0.2) is 5.76 Å². The zero-order chi connectivity index (χ0) is 21.7. The summed E-state index contributed by atoms with van der Waals surface area (Å²) >= 11 is 1.76. The zero-order valence-corrected chi connectivity index (χ0v) is 18.3. The van der Waals surface area contributed by atoms with Gasteiger partial charge in [-0.15, -0.1) is 11.3 Å². The van der Waals surface area contributed by atoms with E-state index in [2.05, 4.69) is 22.3 Å². The predicted octanol–water partition coefficient (Wildman–Crippen LogP) is 5.42. The lowest BCUT2D eigenvalue weighted by Crippen LogP contribution is -2.38. The molecule has 8 heteroatoms. The van der Waals surface area contributed by atoms with Gasteiger partial charge in [-0.1, -0.05) is 17.3 Å². The number of benzene rings is 1. The smallest absolute Gasteiger partial charge is 0.259 e. The molecule has 160 valence electrons. The van der Waals surface area contributed by atoms with Gasteiger partial charge in [-0.25, -0.2) is 9.97 Å². The Balaban J connectivity index is 1.27. The van der Waals surface area contributed by atoms with Crippen LogP contribution in [0.5, 0.6) is 0 Å². The second-order valence-corrected chi connectivity index (χ2v) is 9.13. The van der Waals surface area contributed by atoms with Gasteiger partial charge in [-0.3, -0.25) is 4.79 Å². The topological polar surface area (TPSA) is 85.3 Å². The molecule has 7 nitrogen and oxygen atoms in total. The number of hydrogen-bond acceptors (Lipinski definition) is 7. The van der Waals surface area contributed by atoms with Crippen molar-refractivity contribution in [1.82, 2.24) is 20.0 Å². The molecule has 0 atom stereocenters. The van der Waals surface area contributed by atoms with Gasteiger partial charge in [0, 0.05) is 19.0 Å². The van der Waals surface area contributed by atoms with Gasteiger partial charge in [0.1, 0.15) is 5.69 Å². The lowest BCUT2D eigenvalue weighted by molar-refractivity contribution is 0.0715. The molecule has 1 saturated heterocycles. The number of likely N-dealkylation sites (tertiary alicyclic amines) is 1. The van der Waals surface area contributed by atoms with Crippen molar-refractivity contribution in [3.63, 3.8) is 0 Å². The van der Waals surface area contributed by atoms with E-state index in [0.717, 1.165) is 18.4 Å². The molecule has 1 aliphatic heterocycles. The Morgan fingerprint density at radius 3 is 2.75 bits per heavy atom. The Kier molecular flexibility index (Phi) is 4.53. The van der Waals surface area contributed by atoms with E-state index in [0.29, 0.717) is 52.8 Å². The predicted molar refractivity (Wildman–Crippen MR) is 122 cm³/mol. The number of para-hydroxylation sites is 1. The van der Waals surface area contributed by atoms with E-state index < -0.39 is 0 Å². The van der Waals surface area contributed by atoms with Gasteiger partial charge < -0.3 is 13.8 Å². The maximum absolute atomic E-state index is 13.6. The van der Waals surface area contributed by atoms with Crippen LogP contribution >= 0.6 is 11.3 Å². The van der Waals surface area contributed by atoms with Gasteiger partial charge in [0.2, 0.25) is 0 Å². The molecule has 1 aromatic carbocycles. The Bertz CT molecular complexity index is 1400. The van der Waals surface area contributed by atoms with Crippen molar-refractivity contribution >= 4 is 38.6 Å². The van der Waals surface area contributed by atoms with Crippen molar-refractivity contribution < 1.29 is 13.7 Å². The van der Waals surface area contributed by atoms with E-state index >= 15 is 0 Å². The van der Waals surface area contributed by atoms with E-state index in [1.165, 1.54) is 9.71 Å². The Hall–Kier alpha value is -3.52. The second-order valence-electron chi connectivity index (χ2n) is 8.07. The number of amides is 1. The molecule has 0 aliphatic carbocycles. The first-order valence-corrected chi connectivity index (χ1v) is 11.4. The minimum Gasteiger partial charge on any atom is -0.463 e. The third-order valence-electron chi connectivity index (χ3n) is 6.06. The number of rotatable bonds is 3. The van der Waals surface area contributed by atoms with E-state index in [4.69, 9.17) is 13.9 Å². The number of fused-ring (bicyclic) bond motifs is 2. The van der Waals surface area contributed by atoms with Crippen molar-refractivity contribution in [3.8, 4) is 11.5 Å². The zero-order valence-electron chi connectivity index (χ0n) is 17.4. The average Bonchev–Trinajstić information content (AvgIpc) is 3.58. The van der Waals surface area contributed by atoms with Gasteiger partial charge in [-0.05, 0) is 50.1 Å². The molecule has 1 aliphatic rings. The van der Waals surface area contributed by atoms with Gasteiger partial charge in [0.25, 0.3) is 11.6 Å². The monoisotopic (exact) mass is 444 g/mol. The first-order valence-electron chi connectivity index (χ1n) is 10.6. The highest BCUT2D eigenvalue weighted by atomic mass is 32.1. The fourth-order valence-corrected chi connectivity index (χ4v) is 5.51. The molecular formula is C24H20N4O3S. The summed E-state index contributed by atoms with van der Waals surface area (Å²) in [6.45, 7) is 3.20. The molecule has 1 amide bonds. The summed E-state index contributed by atoms with van der Waals surface area (Å²) in [7, 11) is 0. The first-order chi connectivity index (χ1) is 15.7. The summed E-state index contributed by atoms with van der Waals surface area (Å²) < 4.78 is 12.1. The molecule has 0 saturated carbocycles. The third kappa shape index (κ3) is 3.18. The van der Waals surface area contributed by atoms with Crippen LogP contribution < -0.4 is 0 Å². The number of thiazole rings is 1. The molecule has 5 heterocycles. The fourth-order valence-electron chi connectivity index (χ4n) is 4.38. The molecule has 0 bridgehead atoms. The fraction of sp³-hybridized carbons (Fsp3) is 0.250. The summed E-state index contributed by atoms with van der Waals surface area (Å²) in [5, 5.41) is 5.86. The van der Waals surface area contributed by atoms with E-state index in [9.17, 15) is 4.79 Å². The highest BCUT2D eigenvalue weighted by Gasteiger charge is 2.29. The number of aromatic nitrogens is 3. The summed E-state index contributed by atoms with van der Waals surface area (Å²) in [6, 6.07) is 13.6. The maximum atomic E-state index is 13.6. The molecule has 0 unspecified atom stereocenters. The van der Waals surface area contributed by atoms with Gasteiger partial charge in [0.05, 0.1) is 38.1 Å². The molecule has 6 rings (SSSR count). The van der Waals surface area contributed by atoms with Gasteiger partial charge >= 0.3 is 0 Å². The average molecular weight is 445 g/mol. The number of carbonyl (C=O) groups is 1. The second kappa shape index (κ2) is 7.56. The molecule has 1 fully saturated rings. The maximum Gasteiger partial charge on any atom is 0.259 e. The lowest BCUT2D eigenvalue weighted by Gasteiger charge is -2.31. The number of nitrogens with zero attached hydrogens (tertiary/aromatic N) is 4. The third-order valence-corrected chi connectivity index (χ3v) is 7.26. The van der Waals surface area contributed by atoms with Crippen LogP contribution in [0.2, 0.25) is 0 Å². The van der Waals surface area contributed by atoms with Crippen LogP contribution in [0.25, 0.3) is 32.8 Å². The van der Waals surface area contributed by atoms with Crippen molar-refractivity contribution in [3.05, 3.63) is 65.0 Å². The highest BCUT2D eigenvalue weighted by Crippen LogP contribution is 2.35. The number of hydrogen-bond donors (Lipinski definition) is 0. The Morgan fingerprint density at radius 2 is 1.97 bits per heavy atom. The minimum atomic E-state index is -0.0285.